The van der Waals surface area contributed by atoms with Crippen LogP contribution in [0.15, 0.2) is 85.1 Å². The molecule has 9 heteroatoms. The van der Waals surface area contributed by atoms with E-state index in [-0.39, 0.29) is 13.5 Å². The molecule has 150 valence electrons. The molecule has 28 heavy (non-hydrogen) atoms. The first-order valence-electron chi connectivity index (χ1n) is 8.03. The smallest absolute Gasteiger partial charge is 1.00 e. The second-order valence-corrected chi connectivity index (χ2v) is 11.4. The predicted molar refractivity (Wildman–Crippen MR) is 97.8 cm³/mol. The molecule has 2 nitrogen and oxygen atoms in total. The van der Waals surface area contributed by atoms with Crippen LogP contribution in [-0.4, -0.2) is 30.4 Å². The van der Waals surface area contributed by atoms with Gasteiger partial charge >= 0.3 is 37.8 Å². The van der Waals surface area contributed by atoms with E-state index < -0.39 is 19.5 Å². The van der Waals surface area contributed by atoms with Crippen LogP contribution in [0, 0.1) is 11.3 Å². The number of allylic oxidation sites excluding steroid dienone is 2. The first-order valence-corrected chi connectivity index (χ1v) is 13.8. The third-order valence-electron chi connectivity index (χ3n) is 3.64. The van der Waals surface area contributed by atoms with Crippen molar-refractivity contribution in [1.29, 1.82) is 5.26 Å². The van der Waals surface area contributed by atoms with Crippen molar-refractivity contribution in [3.63, 3.8) is 0 Å². The minimum atomic E-state index is -11.2. The Bertz CT molecular complexity index is 843. The van der Waals surface area contributed by atoms with Crippen LogP contribution < -0.4 is 0 Å². The molecule has 0 N–H and O–H groups in total. The van der Waals surface area contributed by atoms with Gasteiger partial charge < -0.3 is 4.90 Å². The van der Waals surface area contributed by atoms with Crippen LogP contribution in [0.25, 0.3) is 0 Å². The summed E-state index contributed by atoms with van der Waals surface area (Å²) in [5.41, 5.74) is 2.37. The van der Waals surface area contributed by atoms with Gasteiger partial charge in [0.1, 0.15) is 6.04 Å². The molecule has 0 bridgehead atoms. The molecule has 1 atom stereocenters. The SMILES string of the molecule is N#CC1C=CC=CN1C(c1ccccc1)c1ccccc1.[F][Sb-]([F])([F])([F])([F])[F].[H+]. The molecule has 0 fully saturated rings. The minimum Gasteiger partial charge on any atom is 1.00 e. The molecule has 0 amide bonds. The summed E-state index contributed by atoms with van der Waals surface area (Å²) in [5, 5.41) is 9.43. The molecule has 0 spiro atoms. The molecular formula is C19H17F6N2Sb. The van der Waals surface area contributed by atoms with E-state index in [4.69, 9.17) is 0 Å². The summed E-state index contributed by atoms with van der Waals surface area (Å²) < 4.78 is 59.6. The summed E-state index contributed by atoms with van der Waals surface area (Å²) >= 11 is -11.2. The van der Waals surface area contributed by atoms with Crippen molar-refractivity contribution in [3.05, 3.63) is 96.2 Å². The van der Waals surface area contributed by atoms with E-state index >= 15 is 0 Å². The molecule has 1 heterocycles. The van der Waals surface area contributed by atoms with Gasteiger partial charge in [0, 0.05) is 6.20 Å². The Balaban J connectivity index is 0.000000456. The fraction of sp³-hybridized carbons (Fsp3) is 0.105. The van der Waals surface area contributed by atoms with E-state index in [1.165, 1.54) is 11.1 Å². The fourth-order valence-electron chi connectivity index (χ4n) is 2.67. The summed E-state index contributed by atoms with van der Waals surface area (Å²) in [7, 11) is 0. The Labute approximate surface area is 162 Å². The number of nitrogens with zero attached hydrogens (tertiary/aromatic N) is 2. The first kappa shape index (κ1) is 21.9. The summed E-state index contributed by atoms with van der Waals surface area (Å²) in [5.74, 6) is 0. The Morgan fingerprint density at radius 3 is 1.64 bits per heavy atom. The third kappa shape index (κ3) is 8.10. The van der Waals surface area contributed by atoms with Gasteiger partial charge in [-0.15, -0.1) is 0 Å². The number of hydrogen-bond acceptors (Lipinski definition) is 2. The van der Waals surface area contributed by atoms with Gasteiger partial charge in [-0.1, -0.05) is 66.7 Å². The van der Waals surface area contributed by atoms with Gasteiger partial charge in [0.15, 0.2) is 0 Å². The fourth-order valence-corrected chi connectivity index (χ4v) is 2.67. The van der Waals surface area contributed by atoms with Crippen molar-refractivity contribution in [3.8, 4) is 6.07 Å². The number of rotatable bonds is 3. The summed E-state index contributed by atoms with van der Waals surface area (Å²) in [4.78, 5) is 2.10. The van der Waals surface area contributed by atoms with E-state index in [2.05, 4.69) is 35.2 Å². The molecule has 0 radical (unpaired) electrons. The van der Waals surface area contributed by atoms with E-state index in [1.54, 1.807) is 0 Å². The van der Waals surface area contributed by atoms with Crippen LogP contribution in [0.5, 0.6) is 0 Å². The standard InChI is InChI=1S/C19H16N2.6FH.Sb/c20-15-18-13-7-8-14-21(18)19(16-9-3-1-4-10-16)17-11-5-2-6-12-17;;;;;;;/h1-14,18-19H;6*1H;/q;;;;;;;+5/p-5. The van der Waals surface area contributed by atoms with Gasteiger partial charge in [-0.05, 0) is 23.3 Å². The van der Waals surface area contributed by atoms with E-state index in [0.29, 0.717) is 0 Å². The zero-order chi connectivity index (χ0) is 20.9. The average Bonchev–Trinajstić information content (AvgIpc) is 2.62. The second-order valence-electron chi connectivity index (χ2n) is 5.93. The second kappa shape index (κ2) is 7.55. The first-order chi connectivity index (χ1) is 12.8. The van der Waals surface area contributed by atoms with Crippen LogP contribution in [0.4, 0.5) is 16.9 Å². The monoisotopic (exact) mass is 508 g/mol. The maximum Gasteiger partial charge on any atom is 1.00 e. The molecule has 2 aromatic carbocycles. The zero-order valence-electron chi connectivity index (χ0n) is 15.3. The van der Waals surface area contributed by atoms with Crippen LogP contribution in [-0.2, 0) is 0 Å². The van der Waals surface area contributed by atoms with Crippen LogP contribution >= 0.6 is 0 Å². The Morgan fingerprint density at radius 1 is 0.821 bits per heavy atom. The van der Waals surface area contributed by atoms with Crippen LogP contribution in [0.2, 0.25) is 0 Å². The van der Waals surface area contributed by atoms with Crippen molar-refractivity contribution < 1.29 is 18.3 Å². The van der Waals surface area contributed by atoms with Crippen molar-refractivity contribution in [1.82, 2.24) is 4.90 Å². The molecule has 0 aliphatic carbocycles. The maximum atomic E-state index is 9.93. The Hall–Kier alpha value is -2.39. The number of nitriles is 1. The number of hydrogen-bond donors (Lipinski definition) is 0. The van der Waals surface area contributed by atoms with Crippen LogP contribution in [0.1, 0.15) is 18.6 Å². The average molecular weight is 509 g/mol. The van der Waals surface area contributed by atoms with Gasteiger partial charge in [-0.25, -0.2) is 0 Å². The summed E-state index contributed by atoms with van der Waals surface area (Å²) in [6, 6.07) is 22.8. The van der Waals surface area contributed by atoms with Crippen molar-refractivity contribution in [2.45, 2.75) is 12.1 Å². The molecule has 0 saturated carbocycles. The van der Waals surface area contributed by atoms with E-state index in [0.717, 1.165) is 0 Å². The minimum absolute atomic E-state index is 0. The molecule has 2 aromatic rings. The van der Waals surface area contributed by atoms with Crippen LogP contribution in [0.3, 0.4) is 0 Å². The normalized spacial score (nSPS) is 18.5. The Morgan fingerprint density at radius 2 is 1.25 bits per heavy atom. The molecule has 0 saturated heterocycles. The molecular weight excluding hydrogens is 492 g/mol. The topological polar surface area (TPSA) is 27.0 Å². The number of benzene rings is 2. The van der Waals surface area contributed by atoms with Crippen molar-refractivity contribution in [2.75, 3.05) is 0 Å². The maximum absolute atomic E-state index is 11.2. The zero-order valence-corrected chi connectivity index (χ0v) is 16.9. The summed E-state index contributed by atoms with van der Waals surface area (Å²) in [6.07, 6.45) is 7.83. The van der Waals surface area contributed by atoms with Gasteiger partial charge in [0.25, 0.3) is 0 Å². The largest absolute Gasteiger partial charge is 1.00 e. The molecule has 1 unspecified atom stereocenters. The quantitative estimate of drug-likeness (QED) is 0.359. The molecule has 1 aliphatic heterocycles. The van der Waals surface area contributed by atoms with E-state index in [1.807, 2.05) is 60.8 Å². The predicted octanol–water partition coefficient (Wildman–Crippen LogP) is 6.31. The number of halogens is 6. The molecule has 0 aromatic heterocycles. The third-order valence-corrected chi connectivity index (χ3v) is 3.64. The molecule has 1 aliphatic rings. The van der Waals surface area contributed by atoms with Gasteiger partial charge in [-0.2, -0.15) is 5.26 Å². The Kier molecular flexibility index (Phi) is 5.91. The van der Waals surface area contributed by atoms with Gasteiger partial charge in [0.05, 0.1) is 12.1 Å². The van der Waals surface area contributed by atoms with Gasteiger partial charge in [-0.3, -0.25) is 0 Å². The molecule has 3 rings (SSSR count). The van der Waals surface area contributed by atoms with Crippen molar-refractivity contribution >= 4 is 19.5 Å². The van der Waals surface area contributed by atoms with Crippen molar-refractivity contribution in [2.24, 2.45) is 0 Å². The van der Waals surface area contributed by atoms with E-state index in [9.17, 15) is 22.1 Å². The van der Waals surface area contributed by atoms with Gasteiger partial charge in [0.2, 0.25) is 0 Å². The summed E-state index contributed by atoms with van der Waals surface area (Å²) in [6.45, 7) is 0.